The first-order valence-electron chi connectivity index (χ1n) is 6.01. The number of hydrogen-bond acceptors (Lipinski definition) is 3. The van der Waals surface area contributed by atoms with Crippen molar-refractivity contribution in [3.63, 3.8) is 0 Å². The molecule has 0 saturated heterocycles. The molecule has 0 saturated carbocycles. The number of methoxy groups -OCH3 is 1. The van der Waals surface area contributed by atoms with Gasteiger partial charge in [0.1, 0.15) is 11.9 Å². The Morgan fingerprint density at radius 2 is 2.00 bits per heavy atom. The maximum Gasteiger partial charge on any atom is 0.161 e. The van der Waals surface area contributed by atoms with E-state index in [9.17, 15) is 9.90 Å². The van der Waals surface area contributed by atoms with Gasteiger partial charge in [0, 0.05) is 6.42 Å². The van der Waals surface area contributed by atoms with Crippen LogP contribution in [0.4, 0.5) is 0 Å². The molecular weight excluding hydrogens is 216 g/mol. The molecule has 94 valence electrons. The van der Waals surface area contributed by atoms with Crippen LogP contribution in [0.1, 0.15) is 31.7 Å². The van der Waals surface area contributed by atoms with Crippen molar-refractivity contribution in [1.29, 1.82) is 0 Å². The molecule has 0 fully saturated rings. The highest BCUT2D eigenvalue weighted by Gasteiger charge is 2.13. The Bertz CT molecular complexity index is 343. The number of ketones is 1. The van der Waals surface area contributed by atoms with E-state index in [1.807, 2.05) is 31.2 Å². The molecule has 0 aliphatic rings. The highest BCUT2D eigenvalue weighted by molar-refractivity contribution is 5.82. The second-order valence-electron chi connectivity index (χ2n) is 4.12. The predicted molar refractivity (Wildman–Crippen MR) is 67.2 cm³/mol. The van der Waals surface area contributed by atoms with Gasteiger partial charge >= 0.3 is 0 Å². The summed E-state index contributed by atoms with van der Waals surface area (Å²) in [5.41, 5.74) is 1.09. The molecule has 0 heterocycles. The molecule has 0 radical (unpaired) electrons. The van der Waals surface area contributed by atoms with Crippen LogP contribution >= 0.6 is 0 Å². The second kappa shape index (κ2) is 7.07. The van der Waals surface area contributed by atoms with Gasteiger partial charge in [-0.3, -0.25) is 4.79 Å². The normalized spacial score (nSPS) is 12.2. The highest BCUT2D eigenvalue weighted by Crippen LogP contribution is 2.13. The van der Waals surface area contributed by atoms with Gasteiger partial charge in [-0.25, -0.2) is 0 Å². The zero-order valence-corrected chi connectivity index (χ0v) is 10.5. The number of aliphatic hydroxyl groups is 1. The van der Waals surface area contributed by atoms with Gasteiger partial charge in [0.15, 0.2) is 5.78 Å². The molecule has 1 atom stereocenters. The maximum atomic E-state index is 11.6. The fourth-order valence-corrected chi connectivity index (χ4v) is 1.66. The van der Waals surface area contributed by atoms with Crippen LogP contribution < -0.4 is 4.74 Å². The Labute approximate surface area is 102 Å². The smallest absolute Gasteiger partial charge is 0.161 e. The minimum Gasteiger partial charge on any atom is -0.497 e. The number of aliphatic hydroxyl groups excluding tert-OH is 1. The Morgan fingerprint density at radius 1 is 1.35 bits per heavy atom. The van der Waals surface area contributed by atoms with Crippen molar-refractivity contribution in [1.82, 2.24) is 0 Å². The third kappa shape index (κ3) is 4.57. The molecule has 3 heteroatoms. The second-order valence-corrected chi connectivity index (χ2v) is 4.12. The fourth-order valence-electron chi connectivity index (χ4n) is 1.66. The van der Waals surface area contributed by atoms with Crippen molar-refractivity contribution >= 4 is 5.78 Å². The Morgan fingerprint density at radius 3 is 2.53 bits per heavy atom. The molecule has 0 aliphatic heterocycles. The van der Waals surface area contributed by atoms with Crippen molar-refractivity contribution < 1.29 is 14.6 Å². The largest absolute Gasteiger partial charge is 0.497 e. The minimum atomic E-state index is -0.793. The van der Waals surface area contributed by atoms with Gasteiger partial charge in [-0.05, 0) is 30.5 Å². The Balaban J connectivity index is 2.41. The molecule has 17 heavy (non-hydrogen) atoms. The minimum absolute atomic E-state index is 0.0670. The van der Waals surface area contributed by atoms with E-state index in [0.717, 1.165) is 17.7 Å². The van der Waals surface area contributed by atoms with Gasteiger partial charge in [-0.2, -0.15) is 0 Å². The third-order valence-electron chi connectivity index (χ3n) is 2.75. The molecule has 1 aromatic rings. The molecule has 1 unspecified atom stereocenters. The number of ether oxygens (including phenoxy) is 1. The summed E-state index contributed by atoms with van der Waals surface area (Å²) < 4.78 is 5.06. The standard InChI is InChI=1S/C14H20O3/c1-3-4-13(15)14(16)10-7-11-5-8-12(17-2)9-6-11/h5-6,8-9,13,15H,3-4,7,10H2,1-2H3. The summed E-state index contributed by atoms with van der Waals surface area (Å²) in [4.78, 5) is 11.6. The molecule has 1 aromatic carbocycles. The molecular formula is C14H20O3. The fraction of sp³-hybridized carbons (Fsp3) is 0.500. The number of carbonyl (C=O) groups excluding carboxylic acids is 1. The van der Waals surface area contributed by atoms with E-state index in [1.165, 1.54) is 0 Å². The predicted octanol–water partition coefficient (Wildman–Crippen LogP) is 2.36. The summed E-state index contributed by atoms with van der Waals surface area (Å²) >= 11 is 0. The number of aryl methyl sites for hydroxylation is 1. The lowest BCUT2D eigenvalue weighted by molar-refractivity contribution is -0.127. The van der Waals surface area contributed by atoms with Crippen LogP contribution in [0.5, 0.6) is 5.75 Å². The first-order valence-corrected chi connectivity index (χ1v) is 6.01. The SMILES string of the molecule is CCCC(O)C(=O)CCc1ccc(OC)cc1. The van der Waals surface area contributed by atoms with Crippen LogP contribution in [0, 0.1) is 0 Å². The van der Waals surface area contributed by atoms with Crippen molar-refractivity contribution in [2.24, 2.45) is 0 Å². The molecule has 0 aliphatic carbocycles. The van der Waals surface area contributed by atoms with Gasteiger partial charge < -0.3 is 9.84 Å². The van der Waals surface area contributed by atoms with Gasteiger partial charge in [0.25, 0.3) is 0 Å². The van der Waals surface area contributed by atoms with E-state index in [4.69, 9.17) is 4.74 Å². The van der Waals surface area contributed by atoms with E-state index < -0.39 is 6.10 Å². The Kier molecular flexibility index (Phi) is 5.70. The summed E-state index contributed by atoms with van der Waals surface area (Å²) in [6.45, 7) is 1.96. The average molecular weight is 236 g/mol. The van der Waals surface area contributed by atoms with Crippen molar-refractivity contribution in [2.75, 3.05) is 7.11 Å². The zero-order valence-electron chi connectivity index (χ0n) is 10.5. The highest BCUT2D eigenvalue weighted by atomic mass is 16.5. The monoisotopic (exact) mass is 236 g/mol. The van der Waals surface area contributed by atoms with Crippen LogP contribution in [-0.4, -0.2) is 24.1 Å². The molecule has 1 N–H and O–H groups in total. The summed E-state index contributed by atoms with van der Waals surface area (Å²) in [6.07, 6.45) is 1.66. The summed E-state index contributed by atoms with van der Waals surface area (Å²) in [5, 5.41) is 9.51. The number of carbonyl (C=O) groups is 1. The number of Topliss-reactive ketones (excluding diaryl/α,β-unsaturated/α-hetero) is 1. The number of rotatable bonds is 7. The van der Waals surface area contributed by atoms with Crippen LogP contribution in [0.15, 0.2) is 24.3 Å². The van der Waals surface area contributed by atoms with Gasteiger partial charge in [-0.1, -0.05) is 25.5 Å². The third-order valence-corrected chi connectivity index (χ3v) is 2.75. The quantitative estimate of drug-likeness (QED) is 0.790. The van der Waals surface area contributed by atoms with Crippen LogP contribution in [0.25, 0.3) is 0 Å². The molecule has 0 spiro atoms. The van der Waals surface area contributed by atoms with Gasteiger partial charge in [0.2, 0.25) is 0 Å². The lowest BCUT2D eigenvalue weighted by Gasteiger charge is -2.08. The first kappa shape index (κ1) is 13.7. The number of hydrogen-bond donors (Lipinski definition) is 1. The Hall–Kier alpha value is -1.35. The molecule has 1 rings (SSSR count). The molecule has 0 bridgehead atoms. The van der Waals surface area contributed by atoms with E-state index in [-0.39, 0.29) is 5.78 Å². The van der Waals surface area contributed by atoms with Gasteiger partial charge in [-0.15, -0.1) is 0 Å². The summed E-state index contributed by atoms with van der Waals surface area (Å²) in [6, 6.07) is 7.64. The van der Waals surface area contributed by atoms with Crippen molar-refractivity contribution in [3.8, 4) is 5.75 Å². The molecule has 0 amide bonds. The van der Waals surface area contributed by atoms with Gasteiger partial charge in [0.05, 0.1) is 7.11 Å². The first-order chi connectivity index (χ1) is 8.17. The van der Waals surface area contributed by atoms with Crippen LogP contribution in [0.3, 0.4) is 0 Å². The lowest BCUT2D eigenvalue weighted by Crippen LogP contribution is -2.20. The topological polar surface area (TPSA) is 46.5 Å². The van der Waals surface area contributed by atoms with E-state index >= 15 is 0 Å². The van der Waals surface area contributed by atoms with E-state index in [0.29, 0.717) is 19.3 Å². The van der Waals surface area contributed by atoms with Crippen molar-refractivity contribution in [2.45, 2.75) is 38.7 Å². The van der Waals surface area contributed by atoms with E-state index in [1.54, 1.807) is 7.11 Å². The average Bonchev–Trinajstić information content (AvgIpc) is 2.36. The maximum absolute atomic E-state index is 11.6. The summed E-state index contributed by atoms with van der Waals surface area (Å²) in [5.74, 6) is 0.744. The van der Waals surface area contributed by atoms with E-state index in [2.05, 4.69) is 0 Å². The molecule has 3 nitrogen and oxygen atoms in total. The van der Waals surface area contributed by atoms with Crippen LogP contribution in [-0.2, 0) is 11.2 Å². The number of benzene rings is 1. The van der Waals surface area contributed by atoms with Crippen molar-refractivity contribution in [3.05, 3.63) is 29.8 Å². The summed E-state index contributed by atoms with van der Waals surface area (Å²) in [7, 11) is 1.62. The lowest BCUT2D eigenvalue weighted by atomic mass is 10.0. The zero-order chi connectivity index (χ0) is 12.7. The molecule has 0 aromatic heterocycles. The van der Waals surface area contributed by atoms with Crippen LogP contribution in [0.2, 0.25) is 0 Å².